The van der Waals surface area contributed by atoms with Gasteiger partial charge in [-0.2, -0.15) is 0 Å². The molecular weight excluding hydrogens is 194 g/mol. The number of allylic oxidation sites excluding steroid dienone is 2. The number of hydrogen-bond acceptors (Lipinski definition) is 1. The normalized spacial score (nSPS) is 21.1. The fourth-order valence-electron chi connectivity index (χ4n) is 2.26. The monoisotopic (exact) mass is 221 g/mol. The molecule has 0 radical (unpaired) electrons. The zero-order valence-electron chi connectivity index (χ0n) is 11.2. The summed E-state index contributed by atoms with van der Waals surface area (Å²) >= 11 is 0. The topological polar surface area (TPSA) is 3.24 Å². The van der Waals surface area contributed by atoms with Crippen molar-refractivity contribution >= 4 is 0 Å². The maximum absolute atomic E-state index is 4.15. The van der Waals surface area contributed by atoms with Crippen molar-refractivity contribution in [2.75, 3.05) is 6.54 Å². The van der Waals surface area contributed by atoms with Crippen LogP contribution >= 0.6 is 0 Å². The second kappa shape index (κ2) is 8.20. The van der Waals surface area contributed by atoms with Crippen LogP contribution in [0.5, 0.6) is 0 Å². The minimum Gasteiger partial charge on any atom is -0.352 e. The molecule has 0 aromatic carbocycles. The Labute approximate surface area is 102 Å². The van der Waals surface area contributed by atoms with Crippen molar-refractivity contribution in [1.29, 1.82) is 0 Å². The molecule has 0 aliphatic carbocycles. The van der Waals surface area contributed by atoms with Crippen LogP contribution in [-0.2, 0) is 0 Å². The highest BCUT2D eigenvalue weighted by Crippen LogP contribution is 2.29. The highest BCUT2D eigenvalue weighted by Gasteiger charge is 2.20. The Morgan fingerprint density at radius 2 is 2.06 bits per heavy atom. The molecule has 1 fully saturated rings. The zero-order chi connectivity index (χ0) is 12.6. The molecule has 1 atom stereocenters. The molecule has 1 rings (SSSR count). The zero-order valence-corrected chi connectivity index (χ0v) is 11.2. The summed E-state index contributed by atoms with van der Waals surface area (Å²) in [5.74, 6) is 1.69. The van der Waals surface area contributed by atoms with Crippen LogP contribution in [0, 0.1) is 11.8 Å². The predicted molar refractivity (Wildman–Crippen MR) is 74.1 cm³/mol. The van der Waals surface area contributed by atoms with Crippen LogP contribution in [0.2, 0.25) is 0 Å². The van der Waals surface area contributed by atoms with Crippen molar-refractivity contribution in [3.63, 3.8) is 0 Å². The third-order valence-electron chi connectivity index (χ3n) is 2.84. The summed E-state index contributed by atoms with van der Waals surface area (Å²) in [7, 11) is 0. The van der Waals surface area contributed by atoms with Gasteiger partial charge in [0.2, 0.25) is 0 Å². The molecule has 16 heavy (non-hydrogen) atoms. The number of rotatable bonds is 3. The van der Waals surface area contributed by atoms with E-state index in [1.807, 2.05) is 0 Å². The van der Waals surface area contributed by atoms with Crippen molar-refractivity contribution < 1.29 is 0 Å². The lowest BCUT2D eigenvalue weighted by Crippen LogP contribution is -2.27. The summed E-state index contributed by atoms with van der Waals surface area (Å²) in [6, 6.07) is 0. The van der Waals surface area contributed by atoms with Gasteiger partial charge in [0.1, 0.15) is 0 Å². The van der Waals surface area contributed by atoms with E-state index in [9.17, 15) is 0 Å². The van der Waals surface area contributed by atoms with Crippen LogP contribution in [0.25, 0.3) is 0 Å². The first kappa shape index (κ1) is 15.0. The predicted octanol–water partition coefficient (Wildman–Crippen LogP) is 4.59. The lowest BCUT2D eigenvalue weighted by Gasteiger charge is -2.33. The SMILES string of the molecule is C=C.C=C1CC(CC(C)C)CCN1/C=C\C. The maximum Gasteiger partial charge on any atom is 0.0224 e. The standard InChI is InChI=1S/C13H23N.C2H4/c1-5-7-14-8-6-13(9-11(2)3)10-12(14)4;1-2/h5,7,11,13H,4,6,8-10H2,1-3H3;1-2H2/b7-5-;. The first-order valence-corrected chi connectivity index (χ1v) is 6.20. The highest BCUT2D eigenvalue weighted by atomic mass is 15.1. The second-order valence-electron chi connectivity index (χ2n) is 4.73. The van der Waals surface area contributed by atoms with Crippen LogP contribution < -0.4 is 0 Å². The van der Waals surface area contributed by atoms with Crippen LogP contribution in [0.1, 0.15) is 40.0 Å². The van der Waals surface area contributed by atoms with E-state index in [0.717, 1.165) is 18.4 Å². The summed E-state index contributed by atoms with van der Waals surface area (Å²) in [4.78, 5) is 2.29. The Balaban J connectivity index is 0.00000106. The lowest BCUT2D eigenvalue weighted by molar-refractivity contribution is 0.270. The summed E-state index contributed by atoms with van der Waals surface area (Å²) in [5, 5.41) is 0. The van der Waals surface area contributed by atoms with Crippen LogP contribution in [0.4, 0.5) is 0 Å². The van der Waals surface area contributed by atoms with E-state index in [0.29, 0.717) is 0 Å². The summed E-state index contributed by atoms with van der Waals surface area (Å²) in [6.45, 7) is 18.0. The average molecular weight is 221 g/mol. The first-order valence-electron chi connectivity index (χ1n) is 6.20. The van der Waals surface area contributed by atoms with Gasteiger partial charge in [-0.15, -0.1) is 13.2 Å². The smallest absolute Gasteiger partial charge is 0.0224 e. The van der Waals surface area contributed by atoms with Gasteiger partial charge in [-0.1, -0.05) is 26.5 Å². The molecule has 0 N–H and O–H groups in total. The van der Waals surface area contributed by atoms with Crippen molar-refractivity contribution in [3.8, 4) is 0 Å². The second-order valence-corrected chi connectivity index (χ2v) is 4.73. The third-order valence-corrected chi connectivity index (χ3v) is 2.84. The molecule has 0 aromatic heterocycles. The van der Waals surface area contributed by atoms with Gasteiger partial charge < -0.3 is 4.90 Å². The number of likely N-dealkylation sites (tertiary alicyclic amines) is 1. The lowest BCUT2D eigenvalue weighted by atomic mass is 9.87. The Bertz CT molecular complexity index is 228. The van der Waals surface area contributed by atoms with Crippen molar-refractivity contribution in [1.82, 2.24) is 4.90 Å². The minimum absolute atomic E-state index is 0.820. The largest absolute Gasteiger partial charge is 0.352 e. The molecule has 0 amide bonds. The fraction of sp³-hybridized carbons (Fsp3) is 0.600. The quantitative estimate of drug-likeness (QED) is 0.630. The molecule has 1 aliphatic rings. The molecule has 1 heterocycles. The van der Waals surface area contributed by atoms with Crippen LogP contribution in [-0.4, -0.2) is 11.4 Å². The summed E-state index contributed by atoms with van der Waals surface area (Å²) < 4.78 is 0. The van der Waals surface area contributed by atoms with Gasteiger partial charge in [-0.25, -0.2) is 0 Å². The van der Waals surface area contributed by atoms with E-state index in [4.69, 9.17) is 0 Å². The number of piperidine rings is 1. The maximum atomic E-state index is 4.15. The van der Waals surface area contributed by atoms with E-state index >= 15 is 0 Å². The Morgan fingerprint density at radius 3 is 2.50 bits per heavy atom. The number of nitrogens with zero attached hydrogens (tertiary/aromatic N) is 1. The molecule has 1 saturated heterocycles. The Kier molecular flexibility index (Phi) is 7.70. The Hall–Kier alpha value is -0.980. The van der Waals surface area contributed by atoms with Gasteiger partial charge in [0.15, 0.2) is 0 Å². The molecule has 0 spiro atoms. The molecule has 0 saturated carbocycles. The fourth-order valence-corrected chi connectivity index (χ4v) is 2.26. The van der Waals surface area contributed by atoms with E-state index in [1.165, 1.54) is 25.0 Å². The summed E-state index contributed by atoms with van der Waals surface area (Å²) in [5.41, 5.74) is 1.29. The van der Waals surface area contributed by atoms with Gasteiger partial charge in [-0.05, 0) is 44.2 Å². The van der Waals surface area contributed by atoms with Crippen LogP contribution in [0.3, 0.4) is 0 Å². The minimum atomic E-state index is 0.820. The van der Waals surface area contributed by atoms with E-state index in [2.05, 4.69) is 57.7 Å². The van der Waals surface area contributed by atoms with E-state index in [-0.39, 0.29) is 0 Å². The Morgan fingerprint density at radius 1 is 1.44 bits per heavy atom. The van der Waals surface area contributed by atoms with Crippen LogP contribution in [0.15, 0.2) is 37.7 Å². The van der Waals surface area contributed by atoms with Crippen molar-refractivity contribution in [2.24, 2.45) is 11.8 Å². The molecule has 0 bridgehead atoms. The molecule has 1 nitrogen and oxygen atoms in total. The van der Waals surface area contributed by atoms with Gasteiger partial charge in [0.25, 0.3) is 0 Å². The average Bonchev–Trinajstić information content (AvgIpc) is 2.24. The molecular formula is C15H27N. The van der Waals surface area contributed by atoms with E-state index in [1.54, 1.807) is 0 Å². The molecule has 1 unspecified atom stereocenters. The third kappa shape index (κ3) is 5.20. The van der Waals surface area contributed by atoms with E-state index < -0.39 is 0 Å². The first-order chi connectivity index (χ1) is 7.63. The van der Waals surface area contributed by atoms with Gasteiger partial charge in [0.05, 0.1) is 0 Å². The summed E-state index contributed by atoms with van der Waals surface area (Å²) in [6.07, 6.45) is 8.09. The van der Waals surface area contributed by atoms with Crippen molar-refractivity contribution in [2.45, 2.75) is 40.0 Å². The van der Waals surface area contributed by atoms with Gasteiger partial charge in [-0.3, -0.25) is 0 Å². The molecule has 92 valence electrons. The van der Waals surface area contributed by atoms with Gasteiger partial charge >= 0.3 is 0 Å². The number of hydrogen-bond donors (Lipinski definition) is 0. The molecule has 1 heteroatoms. The highest BCUT2D eigenvalue weighted by molar-refractivity contribution is 5.04. The molecule has 1 aliphatic heterocycles. The van der Waals surface area contributed by atoms with Gasteiger partial charge in [0, 0.05) is 12.2 Å². The molecule has 0 aromatic rings. The van der Waals surface area contributed by atoms with Crippen molar-refractivity contribution in [3.05, 3.63) is 37.7 Å².